The molecule has 3 heterocycles. The van der Waals surface area contributed by atoms with Crippen LogP contribution in [0, 0.1) is 0 Å². The quantitative estimate of drug-likeness (QED) is 0.108. The van der Waals surface area contributed by atoms with Gasteiger partial charge in [0.2, 0.25) is 0 Å². The lowest BCUT2D eigenvalue weighted by Crippen LogP contribution is -2.29. The molecule has 3 N–H and O–H groups in total. The molecular formula is C31H36N4O5S2. The normalized spacial score (nSPS) is 15.1. The van der Waals surface area contributed by atoms with Crippen LogP contribution in [0.15, 0.2) is 64.4 Å². The number of aromatic nitrogens is 2. The van der Waals surface area contributed by atoms with Crippen LogP contribution in [0.25, 0.3) is 11.7 Å². The van der Waals surface area contributed by atoms with Gasteiger partial charge < -0.3 is 15.5 Å². The van der Waals surface area contributed by atoms with Crippen molar-refractivity contribution in [3.8, 4) is 0 Å². The van der Waals surface area contributed by atoms with E-state index in [0.717, 1.165) is 56.9 Å². The number of amides is 1. The summed E-state index contributed by atoms with van der Waals surface area (Å²) in [5.41, 5.74) is 1.08. The summed E-state index contributed by atoms with van der Waals surface area (Å²) < 4.78 is 1.89. The van der Waals surface area contributed by atoms with Crippen molar-refractivity contribution >= 4 is 57.7 Å². The minimum atomic E-state index is -0.815. The van der Waals surface area contributed by atoms with Crippen LogP contribution in [0.5, 0.6) is 0 Å². The van der Waals surface area contributed by atoms with E-state index >= 15 is 0 Å². The predicted octanol–water partition coefficient (Wildman–Crippen LogP) is 5.64. The van der Waals surface area contributed by atoms with Crippen molar-refractivity contribution in [3.05, 3.63) is 81.1 Å². The number of aliphatic hydroxyl groups is 1. The SMILES string of the molecule is O=C(O)CCCCCCCCCCN1C(=O)/C(=C/c2c(NC[C@@H](O)c3ccccc3)nc3ccccn3c2=O)SC1=S. The van der Waals surface area contributed by atoms with E-state index in [9.17, 15) is 19.5 Å². The lowest BCUT2D eigenvalue weighted by atomic mass is 10.1. The van der Waals surface area contributed by atoms with Gasteiger partial charge in [-0.25, -0.2) is 4.98 Å². The van der Waals surface area contributed by atoms with E-state index in [2.05, 4.69) is 10.3 Å². The molecule has 11 heteroatoms. The maximum Gasteiger partial charge on any atom is 0.303 e. The van der Waals surface area contributed by atoms with Gasteiger partial charge in [0.25, 0.3) is 11.5 Å². The fourth-order valence-corrected chi connectivity index (χ4v) is 6.07. The van der Waals surface area contributed by atoms with Crippen LogP contribution < -0.4 is 10.9 Å². The number of fused-ring (bicyclic) bond motifs is 1. The third kappa shape index (κ3) is 8.50. The molecule has 3 aromatic rings. The number of thioether (sulfide) groups is 1. The number of rotatable bonds is 16. The Morgan fingerprint density at radius 2 is 1.64 bits per heavy atom. The second-order valence-electron chi connectivity index (χ2n) is 10.2. The molecule has 0 saturated carbocycles. The molecule has 1 atom stereocenters. The number of anilines is 1. The average molecular weight is 609 g/mol. The molecule has 222 valence electrons. The number of carbonyl (C=O) groups excluding carboxylic acids is 1. The van der Waals surface area contributed by atoms with Crippen LogP contribution in [-0.2, 0) is 9.59 Å². The van der Waals surface area contributed by atoms with Gasteiger partial charge in [-0.3, -0.25) is 23.7 Å². The number of carbonyl (C=O) groups is 2. The number of aliphatic hydroxyl groups excluding tert-OH is 1. The number of nitrogens with zero attached hydrogens (tertiary/aromatic N) is 3. The number of nitrogens with one attached hydrogen (secondary N) is 1. The van der Waals surface area contributed by atoms with Gasteiger partial charge in [0.15, 0.2) is 0 Å². The first-order chi connectivity index (χ1) is 20.3. The first-order valence-corrected chi connectivity index (χ1v) is 15.5. The Morgan fingerprint density at radius 1 is 0.976 bits per heavy atom. The van der Waals surface area contributed by atoms with Crippen LogP contribution in [0.4, 0.5) is 5.82 Å². The Morgan fingerprint density at radius 3 is 2.36 bits per heavy atom. The number of unbranched alkanes of at least 4 members (excludes halogenated alkanes) is 7. The van der Waals surface area contributed by atoms with E-state index in [1.54, 1.807) is 35.4 Å². The summed E-state index contributed by atoms with van der Waals surface area (Å²) in [7, 11) is 0. The van der Waals surface area contributed by atoms with Gasteiger partial charge in [-0.2, -0.15) is 0 Å². The maximum absolute atomic E-state index is 13.5. The Hall–Kier alpha value is -3.54. The molecule has 42 heavy (non-hydrogen) atoms. The number of benzene rings is 1. The van der Waals surface area contributed by atoms with E-state index < -0.39 is 12.1 Å². The minimum Gasteiger partial charge on any atom is -0.481 e. The van der Waals surface area contributed by atoms with Crippen molar-refractivity contribution < 1.29 is 19.8 Å². The van der Waals surface area contributed by atoms with E-state index in [1.165, 1.54) is 16.2 Å². The molecule has 0 bridgehead atoms. The summed E-state index contributed by atoms with van der Waals surface area (Å²) in [4.78, 5) is 43.9. The molecule has 1 aromatic carbocycles. The first kappa shape index (κ1) is 31.4. The number of carboxylic acids is 1. The highest BCUT2D eigenvalue weighted by Gasteiger charge is 2.32. The molecule has 1 aliphatic heterocycles. The van der Waals surface area contributed by atoms with Crippen LogP contribution >= 0.6 is 24.0 Å². The lowest BCUT2D eigenvalue weighted by molar-refractivity contribution is -0.137. The lowest BCUT2D eigenvalue weighted by Gasteiger charge is -2.15. The van der Waals surface area contributed by atoms with Crippen LogP contribution in [0.3, 0.4) is 0 Å². The van der Waals surface area contributed by atoms with E-state index in [0.29, 0.717) is 21.4 Å². The highest BCUT2D eigenvalue weighted by atomic mass is 32.2. The van der Waals surface area contributed by atoms with Crippen molar-refractivity contribution in [1.29, 1.82) is 0 Å². The molecule has 0 unspecified atom stereocenters. The van der Waals surface area contributed by atoms with Gasteiger partial charge >= 0.3 is 5.97 Å². The smallest absolute Gasteiger partial charge is 0.303 e. The fraction of sp³-hybridized carbons (Fsp3) is 0.387. The molecule has 4 rings (SSSR count). The van der Waals surface area contributed by atoms with Crippen molar-refractivity contribution in [2.45, 2.75) is 63.9 Å². The predicted molar refractivity (Wildman–Crippen MR) is 170 cm³/mol. The summed E-state index contributed by atoms with van der Waals surface area (Å²) in [5.74, 6) is -0.678. The zero-order valence-corrected chi connectivity index (χ0v) is 25.0. The minimum absolute atomic E-state index is 0.129. The second-order valence-corrected chi connectivity index (χ2v) is 11.9. The van der Waals surface area contributed by atoms with Gasteiger partial charge in [0, 0.05) is 25.7 Å². The van der Waals surface area contributed by atoms with Crippen molar-refractivity contribution in [2.75, 3.05) is 18.4 Å². The van der Waals surface area contributed by atoms with Gasteiger partial charge in [0.1, 0.15) is 15.8 Å². The molecule has 1 aliphatic rings. The monoisotopic (exact) mass is 608 g/mol. The topological polar surface area (TPSA) is 124 Å². The summed E-state index contributed by atoms with van der Waals surface area (Å²) in [6.45, 7) is 0.646. The van der Waals surface area contributed by atoms with Gasteiger partial charge in [-0.1, -0.05) is 98.9 Å². The maximum atomic E-state index is 13.5. The van der Waals surface area contributed by atoms with Crippen molar-refractivity contribution in [3.63, 3.8) is 0 Å². The number of aliphatic carboxylic acids is 1. The first-order valence-electron chi connectivity index (χ1n) is 14.3. The molecule has 0 spiro atoms. The Bertz CT molecular complexity index is 1490. The van der Waals surface area contributed by atoms with Gasteiger partial charge in [-0.05, 0) is 36.6 Å². The number of carboxylic acid groups (broad SMARTS) is 1. The summed E-state index contributed by atoms with van der Waals surface area (Å²) in [6, 6.07) is 14.5. The standard InChI is InChI=1S/C31H36N4O5S2/c36-24(22-14-8-7-9-15-22)21-32-28-23(29(39)34-18-13-11-16-26(34)33-28)20-25-30(40)35(31(41)42-25)19-12-6-4-2-1-3-5-10-17-27(37)38/h7-9,11,13-16,18,20,24,32,36H,1-6,10,12,17,19,21H2,(H,37,38)/b25-20-/t24-/m1/s1. The van der Waals surface area contributed by atoms with Crippen LogP contribution in [0.1, 0.15) is 75.0 Å². The number of hydrogen-bond acceptors (Lipinski definition) is 8. The van der Waals surface area contributed by atoms with Crippen LogP contribution in [-0.4, -0.2) is 53.8 Å². The Kier molecular flexibility index (Phi) is 11.7. The summed E-state index contributed by atoms with van der Waals surface area (Å²) >= 11 is 6.69. The Labute approximate surface area is 254 Å². The second kappa shape index (κ2) is 15.6. The molecule has 1 saturated heterocycles. The molecule has 9 nitrogen and oxygen atoms in total. The highest BCUT2D eigenvalue weighted by Crippen LogP contribution is 2.33. The third-order valence-electron chi connectivity index (χ3n) is 7.09. The fourth-order valence-electron chi connectivity index (χ4n) is 4.78. The van der Waals surface area contributed by atoms with E-state index in [-0.39, 0.29) is 35.8 Å². The molecule has 2 aromatic heterocycles. The molecule has 1 amide bonds. The van der Waals surface area contributed by atoms with Crippen molar-refractivity contribution in [2.24, 2.45) is 0 Å². The highest BCUT2D eigenvalue weighted by molar-refractivity contribution is 8.26. The molecule has 0 aliphatic carbocycles. The number of pyridine rings is 1. The largest absolute Gasteiger partial charge is 0.481 e. The zero-order valence-electron chi connectivity index (χ0n) is 23.4. The molecule has 0 radical (unpaired) electrons. The molecular weight excluding hydrogens is 572 g/mol. The van der Waals surface area contributed by atoms with E-state index in [1.807, 2.05) is 30.3 Å². The van der Waals surface area contributed by atoms with Gasteiger partial charge in [-0.15, -0.1) is 0 Å². The zero-order chi connectivity index (χ0) is 29.9. The van der Waals surface area contributed by atoms with E-state index in [4.69, 9.17) is 17.3 Å². The molecule has 1 fully saturated rings. The number of thiocarbonyl (C=S) groups is 1. The number of hydrogen-bond donors (Lipinski definition) is 3. The summed E-state index contributed by atoms with van der Waals surface area (Å²) in [5, 5.41) is 22.5. The van der Waals surface area contributed by atoms with Crippen molar-refractivity contribution in [1.82, 2.24) is 14.3 Å². The summed E-state index contributed by atoms with van der Waals surface area (Å²) in [6.07, 6.45) is 10.3. The van der Waals surface area contributed by atoms with Crippen LogP contribution in [0.2, 0.25) is 0 Å². The average Bonchev–Trinajstić information content (AvgIpc) is 3.26. The van der Waals surface area contributed by atoms with Gasteiger partial charge in [0.05, 0.1) is 16.6 Å². The Balaban J connectivity index is 1.39. The third-order valence-corrected chi connectivity index (χ3v) is 8.47.